The topological polar surface area (TPSA) is 20.2 Å². The Hall–Kier alpha value is -1.37. The van der Waals surface area contributed by atoms with Gasteiger partial charge in [0.15, 0.2) is 24.7 Å². The van der Waals surface area contributed by atoms with E-state index >= 15 is 0 Å². The first-order valence-electron chi connectivity index (χ1n) is 7.22. The van der Waals surface area contributed by atoms with Gasteiger partial charge < -0.3 is 5.11 Å². The van der Waals surface area contributed by atoms with Crippen LogP contribution < -0.4 is 0 Å². The molecule has 0 radical (unpaired) electrons. The third-order valence-corrected chi connectivity index (χ3v) is 3.76. The van der Waals surface area contributed by atoms with Crippen molar-refractivity contribution in [1.82, 2.24) is 0 Å². The van der Waals surface area contributed by atoms with E-state index in [-0.39, 0.29) is 0 Å². The Morgan fingerprint density at radius 2 is 0.719 bits per heavy atom. The van der Waals surface area contributed by atoms with Crippen LogP contribution in [-0.4, -0.2) is 78.1 Å². The number of aliphatic hydroxyl groups is 1. The quantitative estimate of drug-likeness (QED) is 0.341. The Morgan fingerprint density at radius 1 is 0.406 bits per heavy atom. The second kappa shape index (κ2) is 8.77. The van der Waals surface area contributed by atoms with E-state index in [1.54, 1.807) is 0 Å². The van der Waals surface area contributed by atoms with Gasteiger partial charge in [-0.15, -0.1) is 0 Å². The Labute approximate surface area is 163 Å². The Bertz CT molecular complexity index is 626. The summed E-state index contributed by atoms with van der Waals surface area (Å²) >= 11 is 0. The van der Waals surface area contributed by atoms with Gasteiger partial charge >= 0.3 is 35.7 Å². The molecule has 0 amide bonds. The fraction of sp³-hybridized carbons (Fsp3) is 1.00. The van der Waals surface area contributed by atoms with Gasteiger partial charge in [-0.3, -0.25) is 0 Å². The maximum Gasteiger partial charge on any atom is 0.423 e. The minimum atomic E-state index is -8.48. The molecule has 0 aliphatic heterocycles. The van der Waals surface area contributed by atoms with Crippen molar-refractivity contribution in [2.75, 3.05) is 0 Å². The first-order valence-corrected chi connectivity index (χ1v) is 7.22. The Kier molecular flexibility index (Phi) is 8.39. The maximum absolute atomic E-state index is 13.3. The number of hydrogen-bond acceptors (Lipinski definition) is 1. The molecule has 0 aromatic rings. The number of alkyl halides is 19. The van der Waals surface area contributed by atoms with Gasteiger partial charge in [-0.2, -0.15) is 52.7 Å². The molecule has 194 valence electrons. The first-order chi connectivity index (χ1) is 13.7. The summed E-state index contributed by atoms with van der Waals surface area (Å²) in [5.74, 6) is -40.9. The first kappa shape index (κ1) is 30.6. The Morgan fingerprint density at radius 3 is 1.03 bits per heavy atom. The van der Waals surface area contributed by atoms with Gasteiger partial charge in [-0.1, -0.05) is 0 Å². The molecule has 0 aliphatic rings. The molecule has 0 aromatic carbocycles. The van der Waals surface area contributed by atoms with E-state index in [9.17, 15) is 83.4 Å². The van der Waals surface area contributed by atoms with Crippen molar-refractivity contribution in [1.29, 1.82) is 0 Å². The van der Waals surface area contributed by atoms with Gasteiger partial charge in [-0.25, -0.2) is 30.7 Å². The highest BCUT2D eigenvalue weighted by molar-refractivity contribution is 5.12. The highest BCUT2D eigenvalue weighted by atomic mass is 19.4. The normalized spacial score (nSPS) is 20.2. The van der Waals surface area contributed by atoms with Crippen LogP contribution in [0, 0.1) is 0 Å². The fourth-order valence-electron chi connectivity index (χ4n) is 1.82. The third-order valence-electron chi connectivity index (χ3n) is 3.76. The van der Waals surface area contributed by atoms with Gasteiger partial charge in [0.25, 0.3) is 6.43 Å². The van der Waals surface area contributed by atoms with Crippen LogP contribution >= 0.6 is 0 Å². The van der Waals surface area contributed by atoms with Crippen molar-refractivity contribution < 1.29 is 88.5 Å². The predicted molar refractivity (Wildman–Crippen MR) is 62.4 cm³/mol. The minimum absolute atomic E-state index is 4.43. The lowest BCUT2D eigenvalue weighted by Gasteiger charge is -2.41. The second-order valence-electron chi connectivity index (χ2n) is 5.98. The molecule has 0 heterocycles. The largest absolute Gasteiger partial charge is 0.423 e. The number of rotatable bonds is 11. The van der Waals surface area contributed by atoms with Crippen molar-refractivity contribution >= 4 is 0 Å². The number of halogens is 19. The maximum atomic E-state index is 13.3. The molecule has 0 aromatic heterocycles. The lowest BCUT2D eigenvalue weighted by atomic mass is 9.89. The van der Waals surface area contributed by atoms with E-state index in [0.29, 0.717) is 0 Å². The van der Waals surface area contributed by atoms with Crippen molar-refractivity contribution in [3.8, 4) is 0 Å². The van der Waals surface area contributed by atoms with Gasteiger partial charge in [0, 0.05) is 0 Å². The van der Waals surface area contributed by atoms with Crippen LogP contribution in [0.5, 0.6) is 0 Å². The third kappa shape index (κ3) is 4.51. The van der Waals surface area contributed by atoms with Crippen molar-refractivity contribution in [3.05, 3.63) is 0 Å². The van der Waals surface area contributed by atoms with E-state index in [1.165, 1.54) is 0 Å². The number of hydrogen-bond donors (Lipinski definition) is 1. The molecule has 0 fully saturated rings. The molecule has 0 bridgehead atoms. The second-order valence-corrected chi connectivity index (χ2v) is 5.98. The molecule has 0 aliphatic carbocycles. The molecule has 32 heavy (non-hydrogen) atoms. The summed E-state index contributed by atoms with van der Waals surface area (Å²) in [7, 11) is 0. The predicted octanol–water partition coefficient (Wildman–Crippen LogP) is 5.70. The fourth-order valence-corrected chi connectivity index (χ4v) is 1.82. The van der Waals surface area contributed by atoms with Crippen LogP contribution in [-0.2, 0) is 0 Å². The zero-order valence-electron chi connectivity index (χ0n) is 14.1. The molecule has 0 saturated carbocycles. The molecule has 20 heteroatoms. The van der Waals surface area contributed by atoms with Crippen molar-refractivity contribution in [2.45, 2.75) is 73.0 Å². The smallest absolute Gasteiger partial charge is 0.331 e. The van der Waals surface area contributed by atoms with Gasteiger partial charge in [-0.05, 0) is 0 Å². The van der Waals surface area contributed by atoms with Crippen molar-refractivity contribution in [3.63, 3.8) is 0 Å². The summed E-state index contributed by atoms with van der Waals surface area (Å²) in [6.07, 6.45) is -37.0. The van der Waals surface area contributed by atoms with Crippen LogP contribution in [0.1, 0.15) is 0 Å². The molecular formula is C12H7F19O. The SMILES string of the molecule is OC(F)(F)C(F)(F)C(F)(F)C(F)(F)C(F)(F)C(F)(F)C(F)C(F)C(F)C(F)C(F)C(F)F. The summed E-state index contributed by atoms with van der Waals surface area (Å²) in [4.78, 5) is 0. The van der Waals surface area contributed by atoms with Crippen molar-refractivity contribution in [2.24, 2.45) is 0 Å². The van der Waals surface area contributed by atoms with Gasteiger partial charge in [0.2, 0.25) is 6.17 Å². The highest BCUT2D eigenvalue weighted by Gasteiger charge is 2.91. The zero-order valence-corrected chi connectivity index (χ0v) is 14.1. The van der Waals surface area contributed by atoms with Gasteiger partial charge in [0.1, 0.15) is 0 Å². The van der Waals surface area contributed by atoms with E-state index in [1.807, 2.05) is 0 Å². The molecule has 1 N–H and O–H groups in total. The molecule has 0 rings (SSSR count). The van der Waals surface area contributed by atoms with Crippen LogP contribution in [0.15, 0.2) is 0 Å². The van der Waals surface area contributed by atoms with E-state index in [4.69, 9.17) is 5.11 Å². The Balaban J connectivity index is 6.28. The summed E-state index contributed by atoms with van der Waals surface area (Å²) in [6.45, 7) is 0. The van der Waals surface area contributed by atoms with Crippen LogP contribution in [0.25, 0.3) is 0 Å². The molecule has 5 atom stereocenters. The summed E-state index contributed by atoms with van der Waals surface area (Å²) in [6, 6.07) is 0. The summed E-state index contributed by atoms with van der Waals surface area (Å²) in [5.41, 5.74) is 0. The van der Waals surface area contributed by atoms with Crippen LogP contribution in [0.3, 0.4) is 0 Å². The molecule has 5 unspecified atom stereocenters. The monoisotopic (exact) mass is 528 g/mol. The molecule has 0 spiro atoms. The standard InChI is InChI=1S/C12H7F19O/c13-1(2(14)4(16)6(18)19)3(15)5(17)7(20,21)8(22,23)9(24,25)10(26,27)11(28,29)12(30,31)32/h1-6,32H. The van der Waals surface area contributed by atoms with E-state index < -0.39 is 73.0 Å². The molecular weight excluding hydrogens is 521 g/mol. The van der Waals surface area contributed by atoms with E-state index in [0.717, 1.165) is 0 Å². The van der Waals surface area contributed by atoms with Crippen LogP contribution in [0.4, 0.5) is 83.4 Å². The average molecular weight is 528 g/mol. The average Bonchev–Trinajstić information content (AvgIpc) is 2.62. The molecule has 1 nitrogen and oxygen atoms in total. The summed E-state index contributed by atoms with van der Waals surface area (Å²) in [5, 5.41) is 7.49. The van der Waals surface area contributed by atoms with Crippen LogP contribution in [0.2, 0.25) is 0 Å². The zero-order chi connectivity index (χ0) is 26.5. The highest BCUT2D eigenvalue weighted by Crippen LogP contribution is 2.60. The minimum Gasteiger partial charge on any atom is -0.331 e. The lowest BCUT2D eigenvalue weighted by Crippen LogP contribution is -2.72. The molecule has 0 saturated heterocycles. The van der Waals surface area contributed by atoms with E-state index in [2.05, 4.69) is 0 Å². The van der Waals surface area contributed by atoms with Gasteiger partial charge in [0.05, 0.1) is 0 Å². The lowest BCUT2D eigenvalue weighted by molar-refractivity contribution is -0.454. The summed E-state index contributed by atoms with van der Waals surface area (Å²) < 4.78 is 244.